The molecule has 0 spiro atoms. The van der Waals surface area contributed by atoms with Crippen LogP contribution >= 0.6 is 12.4 Å². The molecule has 7 heteroatoms. The van der Waals surface area contributed by atoms with E-state index in [-0.39, 0.29) is 29.5 Å². The molecule has 0 heterocycles. The Morgan fingerprint density at radius 3 is 1.94 bits per heavy atom. The van der Waals surface area contributed by atoms with Crippen LogP contribution in [-0.2, 0) is 0 Å². The van der Waals surface area contributed by atoms with Crippen LogP contribution in [0.3, 0.4) is 0 Å². The number of alkyl halides is 2. The third kappa shape index (κ3) is 3.14. The monoisotopic (exact) mass is 283 g/mol. The first kappa shape index (κ1) is 16.7. The molecule has 0 amide bonds. The maximum absolute atomic E-state index is 12.6. The molecule has 4 nitrogen and oxygen atoms in total. The number of halogens is 3. The Bertz CT molecular complexity index is 391. The molecule has 0 aliphatic rings. The van der Waals surface area contributed by atoms with E-state index in [0.717, 1.165) is 0 Å². The smallest absolute Gasteiger partial charge is 0.257 e. The van der Waals surface area contributed by atoms with Gasteiger partial charge in [-0.25, -0.2) is 8.78 Å². The summed E-state index contributed by atoms with van der Waals surface area (Å²) in [4.78, 5) is 0. The molecule has 104 valence electrons. The van der Waals surface area contributed by atoms with Gasteiger partial charge < -0.3 is 19.9 Å². The summed E-state index contributed by atoms with van der Waals surface area (Å²) in [5, 5.41) is 0. The number of benzene rings is 1. The molecule has 18 heavy (non-hydrogen) atoms. The summed E-state index contributed by atoms with van der Waals surface area (Å²) in [5.74, 6) is 0.817. The van der Waals surface area contributed by atoms with Crippen LogP contribution in [0, 0.1) is 0 Å². The van der Waals surface area contributed by atoms with E-state index in [4.69, 9.17) is 19.9 Å². The summed E-state index contributed by atoms with van der Waals surface area (Å²) in [7, 11) is 4.21. The minimum Gasteiger partial charge on any atom is -0.493 e. The fraction of sp³-hybridized carbons (Fsp3) is 0.455. The minimum absolute atomic E-state index is 0. The van der Waals surface area contributed by atoms with E-state index in [2.05, 4.69) is 0 Å². The van der Waals surface area contributed by atoms with Crippen LogP contribution in [0.2, 0.25) is 0 Å². The third-order valence-corrected chi connectivity index (χ3v) is 2.37. The Hall–Kier alpha value is -1.27. The van der Waals surface area contributed by atoms with Gasteiger partial charge in [-0.15, -0.1) is 12.4 Å². The van der Waals surface area contributed by atoms with Gasteiger partial charge in [0.05, 0.1) is 27.4 Å². The van der Waals surface area contributed by atoms with Crippen molar-refractivity contribution in [1.29, 1.82) is 0 Å². The van der Waals surface area contributed by atoms with Gasteiger partial charge in [0.15, 0.2) is 11.5 Å². The summed E-state index contributed by atoms with van der Waals surface area (Å²) in [6.07, 6.45) is -2.68. The number of hydrogen-bond acceptors (Lipinski definition) is 4. The zero-order valence-corrected chi connectivity index (χ0v) is 11.1. The molecular formula is C11H16ClF2NO3. The molecule has 2 N–H and O–H groups in total. The van der Waals surface area contributed by atoms with Crippen LogP contribution < -0.4 is 19.9 Å². The number of ether oxygens (including phenoxy) is 3. The lowest BCUT2D eigenvalue weighted by molar-refractivity contribution is 0.115. The third-order valence-electron chi connectivity index (χ3n) is 2.37. The van der Waals surface area contributed by atoms with E-state index in [1.54, 1.807) is 0 Å². The highest BCUT2D eigenvalue weighted by Gasteiger charge is 2.25. The largest absolute Gasteiger partial charge is 0.493 e. The summed E-state index contributed by atoms with van der Waals surface area (Å²) >= 11 is 0. The van der Waals surface area contributed by atoms with Crippen LogP contribution in [0.15, 0.2) is 12.1 Å². The van der Waals surface area contributed by atoms with Crippen LogP contribution in [0.1, 0.15) is 11.6 Å². The van der Waals surface area contributed by atoms with Gasteiger partial charge in [-0.05, 0) is 12.1 Å². The molecule has 1 rings (SSSR count). The first-order chi connectivity index (χ1) is 8.06. The zero-order valence-electron chi connectivity index (χ0n) is 10.3. The van der Waals surface area contributed by atoms with Crippen LogP contribution in [0.5, 0.6) is 17.2 Å². The number of nitrogens with two attached hydrogens (primary N) is 1. The lowest BCUT2D eigenvalue weighted by atomic mass is 10.1. The Labute approximate surface area is 110 Å². The second-order valence-corrected chi connectivity index (χ2v) is 3.28. The summed E-state index contributed by atoms with van der Waals surface area (Å²) in [6.45, 7) is 0. The van der Waals surface area contributed by atoms with E-state index in [1.165, 1.54) is 33.5 Å². The van der Waals surface area contributed by atoms with Gasteiger partial charge in [0.2, 0.25) is 5.75 Å². The van der Waals surface area contributed by atoms with Crippen LogP contribution in [0.25, 0.3) is 0 Å². The predicted octanol–water partition coefficient (Wildman–Crippen LogP) is 2.40. The van der Waals surface area contributed by atoms with Gasteiger partial charge in [-0.2, -0.15) is 0 Å². The van der Waals surface area contributed by atoms with Gasteiger partial charge in [0, 0.05) is 5.56 Å². The Morgan fingerprint density at radius 1 is 1.00 bits per heavy atom. The standard InChI is InChI=1S/C11H15F2NO3.ClH/c1-15-7-5-4-6(8(14)11(12)13)9(16-2)10(7)17-3;/h4-5,8,11H,14H2,1-3H3;1H/t8-;/m1./s1. The molecular weight excluding hydrogens is 268 g/mol. The first-order valence-electron chi connectivity index (χ1n) is 4.89. The van der Waals surface area contributed by atoms with Crippen molar-refractivity contribution in [2.75, 3.05) is 21.3 Å². The van der Waals surface area contributed by atoms with Crippen LogP contribution in [0.4, 0.5) is 8.78 Å². The molecule has 0 aromatic heterocycles. The van der Waals surface area contributed by atoms with E-state index >= 15 is 0 Å². The molecule has 0 aliphatic carbocycles. The van der Waals surface area contributed by atoms with Crippen molar-refractivity contribution in [3.63, 3.8) is 0 Å². The molecule has 1 aromatic carbocycles. The van der Waals surface area contributed by atoms with E-state index in [1.807, 2.05) is 0 Å². The topological polar surface area (TPSA) is 53.7 Å². The van der Waals surface area contributed by atoms with Gasteiger partial charge >= 0.3 is 0 Å². The number of methoxy groups -OCH3 is 3. The van der Waals surface area contributed by atoms with Gasteiger partial charge in [0.1, 0.15) is 0 Å². The van der Waals surface area contributed by atoms with Gasteiger partial charge in [-0.1, -0.05) is 0 Å². The SMILES string of the molecule is COc1ccc([C@@H](N)C(F)F)c(OC)c1OC.Cl. The summed E-state index contributed by atoms with van der Waals surface area (Å²) in [6, 6.07) is 1.53. The first-order valence-corrected chi connectivity index (χ1v) is 4.89. The van der Waals surface area contributed by atoms with E-state index < -0.39 is 12.5 Å². The van der Waals surface area contributed by atoms with Crippen molar-refractivity contribution in [2.24, 2.45) is 5.73 Å². The quantitative estimate of drug-likeness (QED) is 0.901. The highest BCUT2D eigenvalue weighted by molar-refractivity contribution is 5.85. The molecule has 0 unspecified atom stereocenters. The summed E-state index contributed by atoms with van der Waals surface area (Å²) < 4.78 is 40.4. The van der Waals surface area contributed by atoms with E-state index in [0.29, 0.717) is 5.75 Å². The molecule has 0 saturated carbocycles. The molecule has 0 bridgehead atoms. The van der Waals surface area contributed by atoms with Gasteiger partial charge in [0.25, 0.3) is 6.43 Å². The van der Waals surface area contributed by atoms with Crippen molar-refractivity contribution in [3.05, 3.63) is 17.7 Å². The highest BCUT2D eigenvalue weighted by atomic mass is 35.5. The number of hydrogen-bond donors (Lipinski definition) is 1. The minimum atomic E-state index is -2.68. The van der Waals surface area contributed by atoms with E-state index in [9.17, 15) is 8.78 Å². The molecule has 1 atom stereocenters. The maximum Gasteiger partial charge on any atom is 0.257 e. The van der Waals surface area contributed by atoms with Crippen molar-refractivity contribution in [1.82, 2.24) is 0 Å². The fourth-order valence-electron chi connectivity index (χ4n) is 1.52. The fourth-order valence-corrected chi connectivity index (χ4v) is 1.52. The Kier molecular flexibility index (Phi) is 6.72. The second-order valence-electron chi connectivity index (χ2n) is 3.28. The predicted molar refractivity (Wildman–Crippen MR) is 66.3 cm³/mol. The Balaban J connectivity index is 0.00000289. The van der Waals surface area contributed by atoms with Gasteiger partial charge in [-0.3, -0.25) is 0 Å². The molecule has 0 saturated heterocycles. The van der Waals surface area contributed by atoms with Crippen LogP contribution in [-0.4, -0.2) is 27.8 Å². The molecule has 0 fully saturated rings. The molecule has 1 aromatic rings. The van der Waals surface area contributed by atoms with Crippen molar-refractivity contribution >= 4 is 12.4 Å². The average molecular weight is 284 g/mol. The summed E-state index contributed by atoms with van der Waals surface area (Å²) in [5.41, 5.74) is 5.58. The lowest BCUT2D eigenvalue weighted by Crippen LogP contribution is -2.20. The maximum atomic E-state index is 12.6. The Morgan fingerprint density at radius 2 is 1.56 bits per heavy atom. The molecule has 0 radical (unpaired) electrons. The second kappa shape index (κ2) is 7.23. The normalized spacial score (nSPS) is 11.7. The average Bonchev–Trinajstić information content (AvgIpc) is 2.35. The number of rotatable bonds is 5. The molecule has 0 aliphatic heterocycles. The lowest BCUT2D eigenvalue weighted by Gasteiger charge is -2.19. The zero-order chi connectivity index (χ0) is 13.0. The van der Waals surface area contributed by atoms with Crippen molar-refractivity contribution in [2.45, 2.75) is 12.5 Å². The highest BCUT2D eigenvalue weighted by Crippen LogP contribution is 2.42. The van der Waals surface area contributed by atoms with Crippen molar-refractivity contribution in [3.8, 4) is 17.2 Å². The van der Waals surface area contributed by atoms with Crippen molar-refractivity contribution < 1.29 is 23.0 Å².